The fourth-order valence-electron chi connectivity index (χ4n) is 4.37. The molecule has 2 aliphatic carbocycles. The van der Waals surface area contributed by atoms with Gasteiger partial charge < -0.3 is 11.1 Å². The first-order valence-electron chi connectivity index (χ1n) is 8.07. The summed E-state index contributed by atoms with van der Waals surface area (Å²) in [5.74, 6) is 2.29. The summed E-state index contributed by atoms with van der Waals surface area (Å²) in [6, 6.07) is 1.22. The molecule has 4 nitrogen and oxygen atoms in total. The molecule has 0 aromatic carbocycles. The molecule has 3 aliphatic rings. The molecule has 2 bridgehead atoms. The Hall–Kier alpha value is -0.870. The van der Waals surface area contributed by atoms with Crippen LogP contribution >= 0.6 is 0 Å². The first-order chi connectivity index (χ1) is 9.61. The second-order valence-corrected chi connectivity index (χ2v) is 6.92. The molecule has 4 unspecified atom stereocenters. The maximum absolute atomic E-state index is 10.9. The third kappa shape index (κ3) is 3.07. The Labute approximate surface area is 121 Å². The number of fused-ring (bicyclic) bond motifs is 2. The molecule has 112 valence electrons. The number of rotatable bonds is 5. The lowest BCUT2D eigenvalue weighted by atomic mass is 9.86. The number of hydrogen-bond donors (Lipinski definition) is 2. The van der Waals surface area contributed by atoms with Crippen molar-refractivity contribution in [1.82, 2.24) is 10.2 Å². The first-order valence-corrected chi connectivity index (χ1v) is 8.07. The normalized spacial score (nSPS) is 35.5. The summed E-state index contributed by atoms with van der Waals surface area (Å²) in [7, 11) is 0. The van der Waals surface area contributed by atoms with Crippen LogP contribution in [0.1, 0.15) is 32.6 Å². The van der Waals surface area contributed by atoms with Gasteiger partial charge in [-0.3, -0.25) is 9.69 Å². The van der Waals surface area contributed by atoms with Crippen LogP contribution in [0.25, 0.3) is 0 Å². The van der Waals surface area contributed by atoms with Crippen molar-refractivity contribution in [2.24, 2.45) is 23.5 Å². The Morgan fingerprint density at radius 3 is 2.65 bits per heavy atom. The third-order valence-corrected chi connectivity index (χ3v) is 5.44. The number of nitrogens with zero attached hydrogens (tertiary/aromatic N) is 1. The fraction of sp³-hybridized carbons (Fsp3) is 0.812. The summed E-state index contributed by atoms with van der Waals surface area (Å²) in [6.07, 6.45) is 9.87. The van der Waals surface area contributed by atoms with Crippen molar-refractivity contribution in [2.75, 3.05) is 19.6 Å². The van der Waals surface area contributed by atoms with Crippen LogP contribution in [-0.4, -0.2) is 42.5 Å². The van der Waals surface area contributed by atoms with Gasteiger partial charge in [0.05, 0.1) is 6.54 Å². The highest BCUT2D eigenvalue weighted by Crippen LogP contribution is 2.44. The molecule has 1 amide bonds. The van der Waals surface area contributed by atoms with Crippen LogP contribution < -0.4 is 11.1 Å². The highest BCUT2D eigenvalue weighted by molar-refractivity contribution is 5.75. The second kappa shape index (κ2) is 5.86. The van der Waals surface area contributed by atoms with Gasteiger partial charge >= 0.3 is 0 Å². The van der Waals surface area contributed by atoms with E-state index in [0.29, 0.717) is 18.6 Å². The Morgan fingerprint density at radius 2 is 2.10 bits per heavy atom. The maximum atomic E-state index is 10.9. The average molecular weight is 277 g/mol. The number of nitrogens with one attached hydrogen (secondary N) is 1. The minimum atomic E-state index is -0.210. The van der Waals surface area contributed by atoms with Crippen molar-refractivity contribution in [1.29, 1.82) is 0 Å². The molecule has 4 atom stereocenters. The molecule has 0 aromatic heterocycles. The van der Waals surface area contributed by atoms with Crippen molar-refractivity contribution in [2.45, 2.75) is 44.7 Å². The average Bonchev–Trinajstić information content (AvgIpc) is 3.03. The van der Waals surface area contributed by atoms with E-state index in [2.05, 4.69) is 29.3 Å². The zero-order chi connectivity index (χ0) is 14.1. The topological polar surface area (TPSA) is 58.4 Å². The predicted molar refractivity (Wildman–Crippen MR) is 80.1 cm³/mol. The largest absolute Gasteiger partial charge is 0.369 e. The minimum absolute atomic E-state index is 0.210. The quantitative estimate of drug-likeness (QED) is 0.741. The van der Waals surface area contributed by atoms with Crippen molar-refractivity contribution in [3.63, 3.8) is 0 Å². The Kier molecular flexibility index (Phi) is 4.13. The lowest BCUT2D eigenvalue weighted by Gasteiger charge is -2.35. The third-order valence-electron chi connectivity index (χ3n) is 5.44. The highest BCUT2D eigenvalue weighted by atomic mass is 16.1. The fourth-order valence-corrected chi connectivity index (χ4v) is 4.37. The number of allylic oxidation sites excluding steroid dienone is 2. The van der Waals surface area contributed by atoms with Crippen LogP contribution in [0.4, 0.5) is 0 Å². The highest BCUT2D eigenvalue weighted by Gasteiger charge is 2.39. The van der Waals surface area contributed by atoms with Crippen LogP contribution in [0, 0.1) is 17.8 Å². The number of amides is 1. The Balaban J connectivity index is 1.43. The molecule has 1 saturated heterocycles. The van der Waals surface area contributed by atoms with Gasteiger partial charge in [-0.2, -0.15) is 0 Å². The summed E-state index contributed by atoms with van der Waals surface area (Å²) >= 11 is 0. The first kappa shape index (κ1) is 14.1. The summed E-state index contributed by atoms with van der Waals surface area (Å²) in [5.41, 5.74) is 5.25. The summed E-state index contributed by atoms with van der Waals surface area (Å²) < 4.78 is 0. The molecule has 3 rings (SSSR count). The summed E-state index contributed by atoms with van der Waals surface area (Å²) in [6.45, 7) is 4.75. The molecular formula is C16H27N3O. The van der Waals surface area contributed by atoms with E-state index in [1.807, 2.05) is 0 Å². The molecule has 1 saturated carbocycles. The molecule has 20 heavy (non-hydrogen) atoms. The second-order valence-electron chi connectivity index (χ2n) is 6.92. The van der Waals surface area contributed by atoms with Gasteiger partial charge in [-0.15, -0.1) is 0 Å². The van der Waals surface area contributed by atoms with E-state index < -0.39 is 0 Å². The predicted octanol–water partition coefficient (Wildman–Crippen LogP) is 1.13. The SMILES string of the molecule is CC(NC1CCN(CC(N)=O)CC1)C1CC2C=CC1C2. The number of primary amides is 1. The molecular weight excluding hydrogens is 250 g/mol. The maximum Gasteiger partial charge on any atom is 0.231 e. The number of piperidine rings is 1. The minimum Gasteiger partial charge on any atom is -0.369 e. The molecule has 0 spiro atoms. The van der Waals surface area contributed by atoms with Crippen LogP contribution in [0.2, 0.25) is 0 Å². The van der Waals surface area contributed by atoms with E-state index in [4.69, 9.17) is 5.73 Å². The lowest BCUT2D eigenvalue weighted by molar-refractivity contribution is -0.119. The van der Waals surface area contributed by atoms with Gasteiger partial charge in [0.2, 0.25) is 5.91 Å². The zero-order valence-electron chi connectivity index (χ0n) is 12.4. The van der Waals surface area contributed by atoms with Crippen molar-refractivity contribution < 1.29 is 4.79 Å². The summed E-state index contributed by atoms with van der Waals surface area (Å²) in [5, 5.41) is 3.84. The number of carbonyl (C=O) groups is 1. The van der Waals surface area contributed by atoms with Crippen LogP contribution in [0.5, 0.6) is 0 Å². The number of carbonyl (C=O) groups excluding carboxylic acids is 1. The molecule has 2 fully saturated rings. The van der Waals surface area contributed by atoms with E-state index in [1.165, 1.54) is 12.8 Å². The van der Waals surface area contributed by atoms with Gasteiger partial charge in [0.15, 0.2) is 0 Å². The van der Waals surface area contributed by atoms with E-state index >= 15 is 0 Å². The van der Waals surface area contributed by atoms with Crippen LogP contribution in [-0.2, 0) is 4.79 Å². The van der Waals surface area contributed by atoms with E-state index in [9.17, 15) is 4.79 Å². The molecule has 0 radical (unpaired) electrons. The van der Waals surface area contributed by atoms with E-state index in [1.54, 1.807) is 0 Å². The summed E-state index contributed by atoms with van der Waals surface area (Å²) in [4.78, 5) is 13.1. The number of hydrogen-bond acceptors (Lipinski definition) is 3. The number of nitrogens with two attached hydrogens (primary N) is 1. The van der Waals surface area contributed by atoms with Gasteiger partial charge in [0.25, 0.3) is 0 Å². The van der Waals surface area contributed by atoms with Gasteiger partial charge in [-0.1, -0.05) is 12.2 Å². The standard InChI is InChI=1S/C16H27N3O/c1-11(15-9-12-2-3-13(15)8-12)18-14-4-6-19(7-5-14)10-16(17)20/h2-3,11-15,18H,4-10H2,1H3,(H2,17,20). The van der Waals surface area contributed by atoms with E-state index in [0.717, 1.165) is 43.7 Å². The lowest BCUT2D eigenvalue weighted by Crippen LogP contribution is -2.49. The molecule has 3 N–H and O–H groups in total. The van der Waals surface area contributed by atoms with Crippen molar-refractivity contribution >= 4 is 5.91 Å². The Bertz CT molecular complexity index is 387. The Morgan fingerprint density at radius 1 is 1.35 bits per heavy atom. The van der Waals surface area contributed by atoms with Gasteiger partial charge in [-0.05, 0) is 50.4 Å². The smallest absolute Gasteiger partial charge is 0.231 e. The molecule has 1 aliphatic heterocycles. The number of likely N-dealkylation sites (tertiary alicyclic amines) is 1. The van der Waals surface area contributed by atoms with Crippen molar-refractivity contribution in [3.8, 4) is 0 Å². The van der Waals surface area contributed by atoms with Crippen molar-refractivity contribution in [3.05, 3.63) is 12.2 Å². The zero-order valence-corrected chi connectivity index (χ0v) is 12.4. The van der Waals surface area contributed by atoms with Crippen LogP contribution in [0.15, 0.2) is 12.2 Å². The molecule has 4 heteroatoms. The van der Waals surface area contributed by atoms with Gasteiger partial charge in [-0.25, -0.2) is 0 Å². The molecule has 0 aromatic rings. The monoisotopic (exact) mass is 277 g/mol. The van der Waals surface area contributed by atoms with Gasteiger partial charge in [0, 0.05) is 25.2 Å². The van der Waals surface area contributed by atoms with Gasteiger partial charge in [0.1, 0.15) is 0 Å². The van der Waals surface area contributed by atoms with E-state index in [-0.39, 0.29) is 5.91 Å². The molecule has 1 heterocycles. The van der Waals surface area contributed by atoms with Crippen LogP contribution in [0.3, 0.4) is 0 Å².